The Balaban J connectivity index is 2.30. The number of nitrogens with one attached hydrogen (secondary N) is 1. The van der Waals surface area contributed by atoms with Crippen molar-refractivity contribution in [1.82, 2.24) is 10.4 Å². The van der Waals surface area contributed by atoms with E-state index in [9.17, 15) is 0 Å². The highest BCUT2D eigenvalue weighted by atomic mass is 32.2. The van der Waals surface area contributed by atoms with E-state index in [-0.39, 0.29) is 10.8 Å². The van der Waals surface area contributed by atoms with Gasteiger partial charge in [0.2, 0.25) is 0 Å². The zero-order valence-electron chi connectivity index (χ0n) is 11.7. The molecule has 1 atom stereocenters. The molecule has 102 valence electrons. The van der Waals surface area contributed by atoms with E-state index in [1.54, 1.807) is 0 Å². The quantitative estimate of drug-likeness (QED) is 0.664. The van der Waals surface area contributed by atoms with Crippen LogP contribution in [0.5, 0.6) is 0 Å². The predicted molar refractivity (Wildman–Crippen MR) is 84.0 cm³/mol. The summed E-state index contributed by atoms with van der Waals surface area (Å²) in [5.74, 6) is 6.68. The van der Waals surface area contributed by atoms with Gasteiger partial charge in [0.05, 0.1) is 6.04 Å². The summed E-state index contributed by atoms with van der Waals surface area (Å²) in [6.07, 6.45) is 3.73. The van der Waals surface area contributed by atoms with Gasteiger partial charge in [-0.05, 0) is 17.0 Å². The van der Waals surface area contributed by atoms with Crippen molar-refractivity contribution in [2.24, 2.45) is 5.84 Å². The molecule has 0 spiro atoms. The molecule has 1 aromatic carbocycles. The molecule has 0 aliphatic rings. The van der Waals surface area contributed by atoms with Gasteiger partial charge >= 0.3 is 0 Å². The van der Waals surface area contributed by atoms with E-state index in [4.69, 9.17) is 5.84 Å². The van der Waals surface area contributed by atoms with Gasteiger partial charge in [-0.3, -0.25) is 16.3 Å². The number of pyridine rings is 1. The van der Waals surface area contributed by atoms with Crippen LogP contribution >= 0.6 is 11.8 Å². The van der Waals surface area contributed by atoms with Gasteiger partial charge in [0.25, 0.3) is 0 Å². The minimum atomic E-state index is 0.136. The van der Waals surface area contributed by atoms with Crippen LogP contribution in [0.15, 0.2) is 36.7 Å². The summed E-state index contributed by atoms with van der Waals surface area (Å²) in [6.45, 7) is 6.65. The van der Waals surface area contributed by atoms with Gasteiger partial charge in [0.15, 0.2) is 0 Å². The lowest BCUT2D eigenvalue weighted by Crippen LogP contribution is -2.31. The maximum atomic E-state index is 5.74. The molecule has 0 amide bonds. The summed E-state index contributed by atoms with van der Waals surface area (Å²) in [7, 11) is 0. The molecule has 0 radical (unpaired) electrons. The predicted octanol–water partition coefficient (Wildman–Crippen LogP) is 3.27. The van der Waals surface area contributed by atoms with Crippen molar-refractivity contribution < 1.29 is 0 Å². The molecule has 1 heterocycles. The zero-order valence-corrected chi connectivity index (χ0v) is 12.5. The van der Waals surface area contributed by atoms with Gasteiger partial charge < -0.3 is 0 Å². The molecule has 4 heteroatoms. The Bertz CT molecular complexity index is 543. The van der Waals surface area contributed by atoms with E-state index in [0.29, 0.717) is 0 Å². The third kappa shape index (κ3) is 3.69. The van der Waals surface area contributed by atoms with E-state index in [0.717, 1.165) is 5.75 Å². The fourth-order valence-corrected chi connectivity index (χ4v) is 2.94. The van der Waals surface area contributed by atoms with E-state index in [1.807, 2.05) is 30.2 Å². The van der Waals surface area contributed by atoms with Crippen molar-refractivity contribution in [3.63, 3.8) is 0 Å². The van der Waals surface area contributed by atoms with Gasteiger partial charge in [-0.25, -0.2) is 0 Å². The molecular formula is C15H21N3S. The van der Waals surface area contributed by atoms with Gasteiger partial charge in [0, 0.05) is 28.3 Å². The number of nitrogens with zero attached hydrogens (tertiary/aromatic N) is 1. The van der Waals surface area contributed by atoms with E-state index >= 15 is 0 Å². The number of hydrogen-bond acceptors (Lipinski definition) is 4. The van der Waals surface area contributed by atoms with Gasteiger partial charge in [-0.15, -0.1) is 0 Å². The van der Waals surface area contributed by atoms with E-state index in [1.165, 1.54) is 16.3 Å². The number of fused-ring (bicyclic) bond motifs is 1. The minimum Gasteiger partial charge on any atom is -0.271 e. The molecule has 3 nitrogen and oxygen atoms in total. The minimum absolute atomic E-state index is 0.136. The maximum Gasteiger partial charge on any atom is 0.0557 e. The van der Waals surface area contributed by atoms with Crippen LogP contribution in [-0.2, 0) is 0 Å². The summed E-state index contributed by atoms with van der Waals surface area (Å²) >= 11 is 1.91. The Labute approximate surface area is 119 Å². The van der Waals surface area contributed by atoms with Crippen LogP contribution < -0.4 is 11.3 Å². The third-order valence-corrected chi connectivity index (χ3v) is 4.34. The number of hydrazine groups is 1. The summed E-state index contributed by atoms with van der Waals surface area (Å²) < 4.78 is 0.234. The molecule has 0 aliphatic heterocycles. The first kappa shape index (κ1) is 14.3. The molecular weight excluding hydrogens is 254 g/mol. The molecule has 1 aromatic heterocycles. The summed E-state index contributed by atoms with van der Waals surface area (Å²) in [4.78, 5) is 4.22. The zero-order chi connectivity index (χ0) is 13.9. The average molecular weight is 275 g/mol. The van der Waals surface area contributed by atoms with Crippen LogP contribution in [0.3, 0.4) is 0 Å². The number of benzene rings is 1. The summed E-state index contributed by atoms with van der Waals surface area (Å²) in [5.41, 5.74) is 4.15. The average Bonchev–Trinajstić information content (AvgIpc) is 2.38. The highest BCUT2D eigenvalue weighted by Gasteiger charge is 2.17. The van der Waals surface area contributed by atoms with Crippen LogP contribution in [0.25, 0.3) is 10.8 Å². The van der Waals surface area contributed by atoms with Gasteiger partial charge in [-0.2, -0.15) is 11.8 Å². The molecule has 19 heavy (non-hydrogen) atoms. The summed E-state index contributed by atoms with van der Waals surface area (Å²) in [6, 6.07) is 8.47. The number of aromatic nitrogens is 1. The first-order valence-electron chi connectivity index (χ1n) is 6.44. The van der Waals surface area contributed by atoms with Crippen LogP contribution in [0.2, 0.25) is 0 Å². The van der Waals surface area contributed by atoms with Crippen molar-refractivity contribution in [2.45, 2.75) is 31.6 Å². The molecule has 1 unspecified atom stereocenters. The highest BCUT2D eigenvalue weighted by molar-refractivity contribution is 8.00. The second-order valence-corrected chi connectivity index (χ2v) is 7.43. The largest absolute Gasteiger partial charge is 0.271 e. The van der Waals surface area contributed by atoms with Crippen molar-refractivity contribution in [3.8, 4) is 0 Å². The maximum absolute atomic E-state index is 5.74. The normalized spacial score (nSPS) is 13.7. The van der Waals surface area contributed by atoms with Crippen molar-refractivity contribution in [1.29, 1.82) is 0 Å². The van der Waals surface area contributed by atoms with Crippen LogP contribution in [0, 0.1) is 0 Å². The lowest BCUT2D eigenvalue weighted by molar-refractivity contribution is 0.611. The third-order valence-electron chi connectivity index (χ3n) is 2.98. The Morgan fingerprint density at radius 3 is 2.79 bits per heavy atom. The Hall–Kier alpha value is -1.10. The number of thioether (sulfide) groups is 1. The van der Waals surface area contributed by atoms with Crippen LogP contribution in [-0.4, -0.2) is 15.5 Å². The van der Waals surface area contributed by atoms with Crippen LogP contribution in [0.1, 0.15) is 32.4 Å². The summed E-state index contributed by atoms with van der Waals surface area (Å²) in [5, 5.41) is 2.37. The lowest BCUT2D eigenvalue weighted by atomic mass is 10.0. The first-order valence-corrected chi connectivity index (χ1v) is 7.42. The monoisotopic (exact) mass is 275 g/mol. The van der Waals surface area contributed by atoms with Gasteiger partial charge in [-0.1, -0.05) is 39.0 Å². The fraction of sp³-hybridized carbons (Fsp3) is 0.400. The molecule has 0 saturated carbocycles. The SMILES string of the molecule is CC(C)(C)SCC(NN)c1cccc2ccncc12. The topological polar surface area (TPSA) is 50.9 Å². The molecule has 0 bridgehead atoms. The second-order valence-electron chi connectivity index (χ2n) is 5.59. The number of rotatable bonds is 4. The fourth-order valence-electron chi connectivity index (χ4n) is 2.00. The molecule has 2 aromatic rings. The van der Waals surface area contributed by atoms with Crippen LogP contribution in [0.4, 0.5) is 0 Å². The standard InChI is InChI=1S/C15H21N3S/c1-15(2,3)19-10-14(18-16)12-6-4-5-11-7-8-17-9-13(11)12/h4-9,14,18H,10,16H2,1-3H3. The van der Waals surface area contributed by atoms with Crippen molar-refractivity contribution >= 4 is 22.5 Å². The highest BCUT2D eigenvalue weighted by Crippen LogP contribution is 2.30. The lowest BCUT2D eigenvalue weighted by Gasteiger charge is -2.23. The molecule has 0 saturated heterocycles. The molecule has 3 N–H and O–H groups in total. The van der Waals surface area contributed by atoms with Crippen molar-refractivity contribution in [3.05, 3.63) is 42.2 Å². The second kappa shape index (κ2) is 5.90. The molecule has 2 rings (SSSR count). The number of hydrogen-bond donors (Lipinski definition) is 2. The smallest absolute Gasteiger partial charge is 0.0557 e. The van der Waals surface area contributed by atoms with Gasteiger partial charge in [0.1, 0.15) is 0 Å². The Morgan fingerprint density at radius 2 is 2.11 bits per heavy atom. The first-order chi connectivity index (χ1) is 9.01. The Kier molecular flexibility index (Phi) is 4.45. The Morgan fingerprint density at radius 1 is 1.32 bits per heavy atom. The van der Waals surface area contributed by atoms with E-state index in [2.05, 4.69) is 49.4 Å². The molecule has 0 aliphatic carbocycles. The number of nitrogens with two attached hydrogens (primary N) is 1. The van der Waals surface area contributed by atoms with E-state index < -0.39 is 0 Å². The van der Waals surface area contributed by atoms with Crippen molar-refractivity contribution in [2.75, 3.05) is 5.75 Å². The molecule has 0 fully saturated rings.